The maximum atomic E-state index is 5.49. The molecule has 3 aromatic rings. The molecule has 0 amide bonds. The van der Waals surface area contributed by atoms with Gasteiger partial charge in [0, 0.05) is 19.2 Å². The summed E-state index contributed by atoms with van der Waals surface area (Å²) in [7, 11) is 1.83. The highest BCUT2D eigenvalue weighted by atomic mass is 16.5. The molecule has 0 aliphatic heterocycles. The van der Waals surface area contributed by atoms with E-state index >= 15 is 0 Å². The Hall–Kier alpha value is -2.81. The van der Waals surface area contributed by atoms with Crippen LogP contribution in [-0.2, 0) is 23.1 Å². The first-order valence-corrected chi connectivity index (χ1v) is 7.68. The lowest BCUT2D eigenvalue weighted by atomic mass is 10.3. The van der Waals surface area contributed by atoms with Gasteiger partial charge in [-0.1, -0.05) is 0 Å². The van der Waals surface area contributed by atoms with Gasteiger partial charge in [-0.15, -0.1) is 0 Å². The van der Waals surface area contributed by atoms with E-state index in [1.807, 2.05) is 20.9 Å². The zero-order valence-corrected chi connectivity index (χ0v) is 13.9. The molecule has 0 saturated heterocycles. The summed E-state index contributed by atoms with van der Waals surface area (Å²) in [6, 6.07) is 0. The number of hydrogen-bond donors (Lipinski definition) is 0. The van der Waals surface area contributed by atoms with Gasteiger partial charge < -0.3 is 9.47 Å². The van der Waals surface area contributed by atoms with Crippen molar-refractivity contribution in [1.29, 1.82) is 0 Å². The van der Waals surface area contributed by atoms with Crippen molar-refractivity contribution in [3.05, 3.63) is 24.3 Å². The van der Waals surface area contributed by atoms with E-state index in [4.69, 9.17) is 9.47 Å². The highest BCUT2D eigenvalue weighted by Gasteiger charge is 2.16. The van der Waals surface area contributed by atoms with Crippen molar-refractivity contribution in [2.24, 2.45) is 12.0 Å². The number of ether oxygens (including phenoxy) is 2. The molecule has 0 radical (unpaired) electrons. The largest absolute Gasteiger partial charge is 0.483 e. The highest BCUT2D eigenvalue weighted by Crippen LogP contribution is 2.26. The lowest BCUT2D eigenvalue weighted by molar-refractivity contribution is 0.134. The predicted octanol–water partition coefficient (Wildman–Crippen LogP) is 1.78. The average molecular weight is 329 g/mol. The van der Waals surface area contributed by atoms with Crippen LogP contribution in [0.4, 0.5) is 5.82 Å². The van der Waals surface area contributed by atoms with Crippen LogP contribution in [0.25, 0.3) is 16.9 Å². The van der Waals surface area contributed by atoms with Gasteiger partial charge in [-0.2, -0.15) is 14.9 Å². The van der Waals surface area contributed by atoms with Gasteiger partial charge in [-0.3, -0.25) is 4.68 Å². The fraction of sp³-hybridized carbons (Fsp3) is 0.400. The summed E-state index contributed by atoms with van der Waals surface area (Å²) in [6.45, 7) is 5.40. The van der Waals surface area contributed by atoms with Crippen LogP contribution < -0.4 is 0 Å². The Labute approximate surface area is 139 Å². The fourth-order valence-corrected chi connectivity index (χ4v) is 2.26. The second-order valence-electron chi connectivity index (χ2n) is 4.93. The van der Waals surface area contributed by atoms with Gasteiger partial charge in [-0.25, -0.2) is 15.0 Å². The van der Waals surface area contributed by atoms with Gasteiger partial charge in [-0.05, 0) is 13.8 Å². The van der Waals surface area contributed by atoms with E-state index in [-0.39, 0.29) is 0 Å². The molecular formula is C15H19N7O2. The maximum Gasteiger partial charge on any atom is 0.176 e. The zero-order chi connectivity index (χ0) is 16.9. The lowest BCUT2D eigenvalue weighted by Gasteiger charge is -2.06. The standard InChI is InChI=1S/C15H19N7O2/c1-4-23-8-11-6-20-22(13(11)18-10-24-5-2)15-12-7-19-21(3)14(12)16-9-17-15/h6-7,9-10H,4-5,8H2,1-3H3/b18-10+. The van der Waals surface area contributed by atoms with E-state index in [0.29, 0.717) is 31.5 Å². The number of aryl methyl sites for hydroxylation is 1. The molecule has 0 unspecified atom stereocenters. The number of aliphatic imine (C=N–C) groups is 1. The Morgan fingerprint density at radius 1 is 1.17 bits per heavy atom. The van der Waals surface area contributed by atoms with Crippen LogP contribution in [-0.4, -0.2) is 49.1 Å². The normalized spacial score (nSPS) is 11.6. The smallest absolute Gasteiger partial charge is 0.176 e. The molecule has 0 N–H and O–H groups in total. The van der Waals surface area contributed by atoms with Crippen LogP contribution in [0.15, 0.2) is 23.7 Å². The van der Waals surface area contributed by atoms with E-state index in [1.165, 1.54) is 12.7 Å². The molecule has 0 fully saturated rings. The summed E-state index contributed by atoms with van der Waals surface area (Å²) in [5.74, 6) is 1.22. The van der Waals surface area contributed by atoms with Crippen molar-refractivity contribution in [3.8, 4) is 5.82 Å². The zero-order valence-electron chi connectivity index (χ0n) is 13.9. The lowest BCUT2D eigenvalue weighted by Crippen LogP contribution is -2.02. The summed E-state index contributed by atoms with van der Waals surface area (Å²) in [5.41, 5.74) is 1.57. The van der Waals surface area contributed by atoms with Gasteiger partial charge in [0.25, 0.3) is 0 Å². The van der Waals surface area contributed by atoms with Crippen LogP contribution in [0, 0.1) is 0 Å². The summed E-state index contributed by atoms with van der Waals surface area (Å²) in [5, 5.41) is 9.44. The van der Waals surface area contributed by atoms with Crippen molar-refractivity contribution in [3.63, 3.8) is 0 Å². The number of rotatable bonds is 7. The molecule has 126 valence electrons. The third-order valence-electron chi connectivity index (χ3n) is 3.40. The molecule has 0 bridgehead atoms. The summed E-state index contributed by atoms with van der Waals surface area (Å²) in [4.78, 5) is 13.0. The van der Waals surface area contributed by atoms with Crippen molar-refractivity contribution < 1.29 is 9.47 Å². The molecule has 0 aromatic carbocycles. The molecule has 0 aliphatic rings. The Kier molecular flexibility index (Phi) is 4.80. The van der Waals surface area contributed by atoms with Crippen LogP contribution in [0.5, 0.6) is 0 Å². The molecule has 0 aliphatic carbocycles. The molecule has 24 heavy (non-hydrogen) atoms. The minimum Gasteiger partial charge on any atom is -0.483 e. The first-order valence-electron chi connectivity index (χ1n) is 7.68. The second-order valence-corrected chi connectivity index (χ2v) is 4.93. The van der Waals surface area contributed by atoms with Crippen molar-refractivity contribution >= 4 is 23.3 Å². The SMILES string of the molecule is CCO/C=N/c1c(COCC)cnn1-c1ncnc2c1cnn2C. The number of aromatic nitrogens is 6. The Bertz CT molecular complexity index is 853. The Morgan fingerprint density at radius 3 is 2.83 bits per heavy atom. The first-order chi connectivity index (χ1) is 11.8. The molecule has 0 atom stereocenters. The van der Waals surface area contributed by atoms with E-state index in [9.17, 15) is 0 Å². The molecule has 0 saturated carbocycles. The maximum absolute atomic E-state index is 5.49. The second kappa shape index (κ2) is 7.18. The monoisotopic (exact) mass is 329 g/mol. The average Bonchev–Trinajstić information content (AvgIpc) is 3.17. The summed E-state index contributed by atoms with van der Waals surface area (Å²) in [6.07, 6.45) is 6.33. The number of hydrogen-bond acceptors (Lipinski definition) is 7. The Morgan fingerprint density at radius 2 is 2.04 bits per heavy atom. The number of nitrogens with zero attached hydrogens (tertiary/aromatic N) is 7. The van der Waals surface area contributed by atoms with Gasteiger partial charge in [0.1, 0.15) is 6.33 Å². The predicted molar refractivity (Wildman–Crippen MR) is 88.5 cm³/mol. The molecular weight excluding hydrogens is 310 g/mol. The minimum atomic E-state index is 0.413. The van der Waals surface area contributed by atoms with Crippen molar-refractivity contribution in [2.45, 2.75) is 20.5 Å². The van der Waals surface area contributed by atoms with Crippen molar-refractivity contribution in [2.75, 3.05) is 13.2 Å². The molecule has 9 nitrogen and oxygen atoms in total. The Balaban J connectivity index is 2.10. The van der Waals surface area contributed by atoms with E-state index in [1.54, 1.807) is 21.8 Å². The topological polar surface area (TPSA) is 92.2 Å². The van der Waals surface area contributed by atoms with Crippen LogP contribution in [0.2, 0.25) is 0 Å². The van der Waals surface area contributed by atoms with Crippen LogP contribution in [0.3, 0.4) is 0 Å². The van der Waals surface area contributed by atoms with Gasteiger partial charge in [0.2, 0.25) is 0 Å². The van der Waals surface area contributed by atoms with E-state index in [0.717, 1.165) is 16.6 Å². The van der Waals surface area contributed by atoms with Gasteiger partial charge >= 0.3 is 0 Å². The van der Waals surface area contributed by atoms with Gasteiger partial charge in [0.05, 0.1) is 31.0 Å². The van der Waals surface area contributed by atoms with Crippen molar-refractivity contribution in [1.82, 2.24) is 29.5 Å². The third kappa shape index (κ3) is 2.98. The highest BCUT2D eigenvalue weighted by molar-refractivity contribution is 5.82. The summed E-state index contributed by atoms with van der Waals surface area (Å²) < 4.78 is 14.1. The quantitative estimate of drug-likeness (QED) is 0.484. The summed E-state index contributed by atoms with van der Waals surface area (Å²) >= 11 is 0. The minimum absolute atomic E-state index is 0.413. The fourth-order valence-electron chi connectivity index (χ4n) is 2.26. The van der Waals surface area contributed by atoms with Gasteiger partial charge in [0.15, 0.2) is 23.7 Å². The van der Waals surface area contributed by atoms with E-state index < -0.39 is 0 Å². The third-order valence-corrected chi connectivity index (χ3v) is 3.40. The first kappa shape index (κ1) is 16.1. The molecule has 3 aromatic heterocycles. The molecule has 9 heteroatoms. The van der Waals surface area contributed by atoms with E-state index in [2.05, 4.69) is 25.2 Å². The van der Waals surface area contributed by atoms with Crippen LogP contribution >= 0.6 is 0 Å². The number of fused-ring (bicyclic) bond motifs is 1. The van der Waals surface area contributed by atoms with Crippen LogP contribution in [0.1, 0.15) is 19.4 Å². The molecule has 3 heterocycles. The molecule has 0 spiro atoms. The molecule has 3 rings (SSSR count).